The lowest BCUT2D eigenvalue weighted by molar-refractivity contribution is -0.484. The molecular formula is C19H17Cl2NO3. The molecule has 0 aromatic heterocycles. The molecule has 0 bridgehead atoms. The molecule has 2 aromatic carbocycles. The van der Waals surface area contributed by atoms with Crippen LogP contribution in [0.1, 0.15) is 34.9 Å². The average Bonchev–Trinajstić information content (AvgIpc) is 2.52. The Labute approximate surface area is 155 Å². The van der Waals surface area contributed by atoms with E-state index in [9.17, 15) is 14.9 Å². The van der Waals surface area contributed by atoms with Crippen molar-refractivity contribution in [2.75, 3.05) is 6.54 Å². The third-order valence-electron chi connectivity index (χ3n) is 4.87. The number of halogens is 2. The first kappa shape index (κ1) is 17.9. The van der Waals surface area contributed by atoms with Gasteiger partial charge in [-0.3, -0.25) is 14.9 Å². The molecule has 1 fully saturated rings. The summed E-state index contributed by atoms with van der Waals surface area (Å²) in [6.07, 6.45) is 0.410. The van der Waals surface area contributed by atoms with Crippen molar-refractivity contribution in [3.63, 3.8) is 0 Å². The molecule has 0 amide bonds. The highest BCUT2D eigenvalue weighted by atomic mass is 35.5. The van der Waals surface area contributed by atoms with E-state index in [-0.39, 0.29) is 23.2 Å². The van der Waals surface area contributed by atoms with Gasteiger partial charge in [0, 0.05) is 33.2 Å². The van der Waals surface area contributed by atoms with Gasteiger partial charge in [-0.1, -0.05) is 59.1 Å². The first-order valence-electron chi connectivity index (χ1n) is 8.03. The van der Waals surface area contributed by atoms with E-state index in [0.717, 1.165) is 11.1 Å². The third kappa shape index (κ3) is 3.70. The summed E-state index contributed by atoms with van der Waals surface area (Å²) in [6.45, 7) is 1.66. The zero-order valence-corrected chi connectivity index (χ0v) is 15.1. The summed E-state index contributed by atoms with van der Waals surface area (Å²) in [6, 6.07) is 12.9. The molecule has 0 saturated heterocycles. The predicted octanol–water partition coefficient (Wildman–Crippen LogP) is 5.03. The van der Waals surface area contributed by atoms with Gasteiger partial charge >= 0.3 is 0 Å². The van der Waals surface area contributed by atoms with E-state index in [4.69, 9.17) is 23.2 Å². The maximum atomic E-state index is 12.4. The second-order valence-electron chi connectivity index (χ2n) is 6.50. The van der Waals surface area contributed by atoms with Crippen LogP contribution in [0.2, 0.25) is 10.0 Å². The second-order valence-corrected chi connectivity index (χ2v) is 7.34. The second kappa shape index (κ2) is 7.14. The first-order valence-corrected chi connectivity index (χ1v) is 8.78. The van der Waals surface area contributed by atoms with Crippen molar-refractivity contribution in [1.82, 2.24) is 0 Å². The summed E-state index contributed by atoms with van der Waals surface area (Å²) in [7, 11) is 0. The Morgan fingerprint density at radius 1 is 1.20 bits per heavy atom. The molecule has 0 heterocycles. The molecule has 6 heteroatoms. The molecule has 4 nitrogen and oxygen atoms in total. The van der Waals surface area contributed by atoms with Crippen LogP contribution >= 0.6 is 23.2 Å². The topological polar surface area (TPSA) is 60.2 Å². The molecule has 3 atom stereocenters. The third-order valence-corrected chi connectivity index (χ3v) is 5.44. The number of benzene rings is 2. The predicted molar refractivity (Wildman–Crippen MR) is 98.1 cm³/mol. The lowest BCUT2D eigenvalue weighted by Crippen LogP contribution is -2.42. The van der Waals surface area contributed by atoms with Crippen LogP contribution < -0.4 is 0 Å². The summed E-state index contributed by atoms with van der Waals surface area (Å²) >= 11 is 12.2. The number of carbonyl (C=O) groups is 1. The highest BCUT2D eigenvalue weighted by Crippen LogP contribution is 2.48. The molecule has 0 spiro atoms. The Hall–Kier alpha value is -1.91. The molecule has 1 aliphatic carbocycles. The van der Waals surface area contributed by atoms with Crippen LogP contribution in [0.4, 0.5) is 0 Å². The van der Waals surface area contributed by atoms with Gasteiger partial charge in [0.2, 0.25) is 6.54 Å². The molecule has 1 aliphatic rings. The number of hydrogen-bond acceptors (Lipinski definition) is 3. The minimum Gasteiger partial charge on any atom is -0.299 e. The Kier molecular flexibility index (Phi) is 5.11. The summed E-state index contributed by atoms with van der Waals surface area (Å²) in [5.41, 5.74) is 2.78. The van der Waals surface area contributed by atoms with Crippen molar-refractivity contribution in [1.29, 1.82) is 0 Å². The van der Waals surface area contributed by atoms with Crippen LogP contribution in [0.3, 0.4) is 0 Å². The number of carbonyl (C=O) groups excluding carboxylic acids is 1. The van der Waals surface area contributed by atoms with Crippen molar-refractivity contribution in [3.8, 4) is 0 Å². The lowest BCUT2D eigenvalue weighted by Gasteiger charge is -2.39. The Balaban J connectivity index is 1.98. The van der Waals surface area contributed by atoms with Crippen LogP contribution in [0.15, 0.2) is 42.5 Å². The van der Waals surface area contributed by atoms with E-state index in [1.54, 1.807) is 18.2 Å². The molecule has 3 rings (SSSR count). The summed E-state index contributed by atoms with van der Waals surface area (Å²) in [5, 5.41) is 12.0. The number of rotatable bonds is 5. The summed E-state index contributed by atoms with van der Waals surface area (Å²) in [4.78, 5) is 23.2. The molecule has 130 valence electrons. The van der Waals surface area contributed by atoms with Gasteiger partial charge in [-0.05, 0) is 30.2 Å². The van der Waals surface area contributed by atoms with Gasteiger partial charge in [0.25, 0.3) is 0 Å². The lowest BCUT2D eigenvalue weighted by atomic mass is 9.62. The van der Waals surface area contributed by atoms with E-state index in [1.807, 2.05) is 31.2 Å². The van der Waals surface area contributed by atoms with E-state index in [1.165, 1.54) is 0 Å². The van der Waals surface area contributed by atoms with Crippen molar-refractivity contribution < 1.29 is 9.72 Å². The van der Waals surface area contributed by atoms with Crippen molar-refractivity contribution >= 4 is 29.0 Å². The molecule has 25 heavy (non-hydrogen) atoms. The molecule has 1 saturated carbocycles. The molecule has 0 radical (unpaired) electrons. The van der Waals surface area contributed by atoms with Crippen LogP contribution in [0, 0.1) is 23.0 Å². The molecular weight excluding hydrogens is 361 g/mol. The first-order chi connectivity index (χ1) is 11.9. The molecule has 2 aromatic rings. The van der Waals surface area contributed by atoms with Gasteiger partial charge in [0.15, 0.2) is 0 Å². The van der Waals surface area contributed by atoms with Crippen LogP contribution in [0.25, 0.3) is 0 Å². The zero-order valence-electron chi connectivity index (χ0n) is 13.6. The van der Waals surface area contributed by atoms with Crippen LogP contribution in [-0.4, -0.2) is 17.3 Å². The molecule has 0 aliphatic heterocycles. The molecule has 0 N–H and O–H groups in total. The van der Waals surface area contributed by atoms with Gasteiger partial charge in [0.05, 0.1) is 5.92 Å². The molecule has 0 unspecified atom stereocenters. The number of aryl methyl sites for hydroxylation is 1. The normalized spacial score (nSPS) is 20.8. The number of ketones is 1. The van der Waals surface area contributed by atoms with E-state index >= 15 is 0 Å². The van der Waals surface area contributed by atoms with Gasteiger partial charge in [0.1, 0.15) is 5.78 Å². The van der Waals surface area contributed by atoms with E-state index < -0.39 is 11.8 Å². The quantitative estimate of drug-likeness (QED) is 0.541. The fraction of sp³-hybridized carbons (Fsp3) is 0.316. The van der Waals surface area contributed by atoms with Gasteiger partial charge in [-0.2, -0.15) is 0 Å². The Bertz CT molecular complexity index is 820. The van der Waals surface area contributed by atoms with Crippen molar-refractivity contribution in [3.05, 3.63) is 79.3 Å². The Morgan fingerprint density at radius 2 is 1.88 bits per heavy atom. The smallest absolute Gasteiger partial charge is 0.211 e. The van der Waals surface area contributed by atoms with Crippen molar-refractivity contribution in [2.24, 2.45) is 5.92 Å². The highest BCUT2D eigenvalue weighted by molar-refractivity contribution is 6.35. The van der Waals surface area contributed by atoms with Crippen LogP contribution in [-0.2, 0) is 4.79 Å². The fourth-order valence-corrected chi connectivity index (χ4v) is 4.10. The maximum Gasteiger partial charge on any atom is 0.211 e. The number of nitro groups is 1. The Morgan fingerprint density at radius 3 is 2.44 bits per heavy atom. The fourth-order valence-electron chi connectivity index (χ4n) is 3.56. The van der Waals surface area contributed by atoms with Gasteiger partial charge in [-0.15, -0.1) is 0 Å². The van der Waals surface area contributed by atoms with E-state index in [0.29, 0.717) is 22.0 Å². The van der Waals surface area contributed by atoms with Gasteiger partial charge < -0.3 is 0 Å². The monoisotopic (exact) mass is 377 g/mol. The summed E-state index contributed by atoms with van der Waals surface area (Å²) in [5.74, 6) is -0.979. The number of hydrogen-bond donors (Lipinski definition) is 0. The number of nitrogens with zero attached hydrogens (tertiary/aromatic N) is 1. The minimum absolute atomic E-state index is 0.0233. The van der Waals surface area contributed by atoms with Crippen molar-refractivity contribution in [2.45, 2.75) is 25.2 Å². The average molecular weight is 378 g/mol. The number of Topliss-reactive ketones (excluding diaryl/α,β-unsaturated/α-hetero) is 1. The summed E-state index contributed by atoms with van der Waals surface area (Å²) < 4.78 is 0. The van der Waals surface area contributed by atoms with E-state index in [2.05, 4.69) is 0 Å². The standard InChI is InChI=1S/C19H17Cl2NO3/c1-11-2-4-12(5-3-11)15-9-18(23)19(15)16(10-22(24)25)14-7-6-13(20)8-17(14)21/h2-8,15-16,19H,9-10H2,1H3/t15-,16+,19+/m0/s1. The highest BCUT2D eigenvalue weighted by Gasteiger charge is 2.48. The van der Waals surface area contributed by atoms with Crippen LogP contribution in [0.5, 0.6) is 0 Å². The van der Waals surface area contributed by atoms with Gasteiger partial charge in [-0.25, -0.2) is 0 Å². The zero-order chi connectivity index (χ0) is 18.1. The maximum absolute atomic E-state index is 12.4. The largest absolute Gasteiger partial charge is 0.299 e. The minimum atomic E-state index is -0.563. The SMILES string of the molecule is Cc1ccc([C@@H]2CC(=O)[C@H]2[C@H](C[N+](=O)[O-])c2ccc(Cl)cc2Cl)cc1.